The summed E-state index contributed by atoms with van der Waals surface area (Å²) in [6.45, 7) is 2.64. The second-order valence-electron chi connectivity index (χ2n) is 13.1. The van der Waals surface area contributed by atoms with Gasteiger partial charge in [0.1, 0.15) is 29.6 Å². The van der Waals surface area contributed by atoms with Gasteiger partial charge in [0.15, 0.2) is 5.82 Å². The molecule has 48 heavy (non-hydrogen) atoms. The second kappa shape index (κ2) is 11.5. The van der Waals surface area contributed by atoms with E-state index >= 15 is 8.78 Å². The van der Waals surface area contributed by atoms with Gasteiger partial charge in [0, 0.05) is 48.2 Å². The molecular weight excluding hydrogens is 620 g/mol. The third kappa shape index (κ3) is 5.07. The summed E-state index contributed by atoms with van der Waals surface area (Å²) in [4.78, 5) is 13.5. The number of hydrogen-bond acceptors (Lipinski definition) is 9. The number of benzene rings is 3. The molecule has 3 saturated heterocycles. The molecule has 5 N–H and O–H groups in total. The van der Waals surface area contributed by atoms with E-state index in [9.17, 15) is 14.4 Å². The van der Waals surface area contributed by atoms with Crippen LogP contribution in [-0.4, -0.2) is 82.4 Å². The van der Waals surface area contributed by atoms with Crippen LogP contribution in [0, 0.1) is 29.8 Å². The van der Waals surface area contributed by atoms with Gasteiger partial charge in [-0.1, -0.05) is 35.7 Å². The Bertz CT molecular complexity index is 2090. The van der Waals surface area contributed by atoms with Gasteiger partial charge in [-0.15, -0.1) is 6.42 Å². The zero-order valence-corrected chi connectivity index (χ0v) is 25.9. The first-order valence-electron chi connectivity index (χ1n) is 15.9. The fraction of sp³-hybridized carbons (Fsp3) is 0.314. The van der Waals surface area contributed by atoms with Crippen LogP contribution in [0.2, 0.25) is 0 Å². The minimum atomic E-state index is -1.55. The lowest BCUT2D eigenvalue weighted by atomic mass is 9.85. The lowest BCUT2D eigenvalue weighted by Gasteiger charge is -2.35. The Morgan fingerprint density at radius 3 is 2.67 bits per heavy atom. The number of nitrogen functional groups attached to an aromatic ring is 1. The molecule has 4 aliphatic rings. The molecule has 4 aromatic rings. The molecule has 13 heteroatoms. The van der Waals surface area contributed by atoms with E-state index in [0.717, 1.165) is 25.0 Å². The van der Waals surface area contributed by atoms with Crippen molar-refractivity contribution >= 4 is 40.3 Å². The van der Waals surface area contributed by atoms with E-state index in [1.807, 2.05) is 4.90 Å². The first-order valence-corrected chi connectivity index (χ1v) is 15.9. The third-order valence-corrected chi connectivity index (χ3v) is 10.0. The predicted octanol–water partition coefficient (Wildman–Crippen LogP) is 3.70. The topological polar surface area (TPSA) is 120 Å². The van der Waals surface area contributed by atoms with E-state index in [2.05, 4.69) is 33.3 Å². The number of rotatable bonds is 6. The Morgan fingerprint density at radius 1 is 1.12 bits per heavy atom. The molecule has 5 heterocycles. The van der Waals surface area contributed by atoms with Gasteiger partial charge in [-0.25, -0.2) is 13.2 Å². The normalized spacial score (nSPS) is 24.2. The van der Waals surface area contributed by atoms with Crippen molar-refractivity contribution in [3.63, 3.8) is 0 Å². The Kier molecular flexibility index (Phi) is 7.37. The standard InChI is InChI=1S/C35H32BF3N6O3/c1-2-24-27(37)7-4-20-10-21(40)11-25(29(20)24)30-28(38)12-26-32(31(30)39)42-34(43-33(26)44-16-22-5-6-23(17-44)41-22)48-18-35-8-3-9-45(35)15-19(13-35)14-36(46)47/h1,4-7,10-12,14,22-23,41,46-47H,3,8-9,13,15-18,40H2/b19-14+/t22?,23?,35-/m0/s1. The molecule has 3 fully saturated rings. The van der Waals surface area contributed by atoms with E-state index in [1.165, 1.54) is 30.2 Å². The van der Waals surface area contributed by atoms with Gasteiger partial charge >= 0.3 is 13.1 Å². The van der Waals surface area contributed by atoms with Crippen LogP contribution in [-0.2, 0) is 0 Å². The number of nitrogens with two attached hydrogens (primary N) is 1. The number of hydrogen-bond donors (Lipinski definition) is 4. The van der Waals surface area contributed by atoms with Crippen molar-refractivity contribution in [1.82, 2.24) is 20.2 Å². The van der Waals surface area contributed by atoms with E-state index in [4.69, 9.17) is 21.9 Å². The molecule has 2 unspecified atom stereocenters. The second-order valence-corrected chi connectivity index (χ2v) is 13.1. The average molecular weight is 652 g/mol. The number of fused-ring (bicyclic) bond motifs is 5. The molecule has 9 nitrogen and oxygen atoms in total. The summed E-state index contributed by atoms with van der Waals surface area (Å²) in [5.74, 6) is 1.55. The maximum Gasteiger partial charge on any atom is 0.480 e. The molecule has 2 bridgehead atoms. The van der Waals surface area contributed by atoms with Gasteiger partial charge in [0.25, 0.3) is 0 Å². The monoisotopic (exact) mass is 652 g/mol. The molecule has 0 amide bonds. The van der Waals surface area contributed by atoms with Crippen LogP contribution in [0.1, 0.15) is 24.8 Å². The van der Waals surface area contributed by atoms with Gasteiger partial charge in [-0.05, 0) is 61.0 Å². The van der Waals surface area contributed by atoms with Gasteiger partial charge in [0.2, 0.25) is 0 Å². The first kappa shape index (κ1) is 30.7. The molecule has 1 aromatic heterocycles. The maximum atomic E-state index is 17.0. The van der Waals surface area contributed by atoms with Crippen molar-refractivity contribution in [2.75, 3.05) is 43.4 Å². The minimum Gasteiger partial charge on any atom is -0.461 e. The summed E-state index contributed by atoms with van der Waals surface area (Å²) >= 11 is 0. The summed E-state index contributed by atoms with van der Waals surface area (Å²) < 4.78 is 54.4. The van der Waals surface area contributed by atoms with Crippen LogP contribution in [0.25, 0.3) is 32.8 Å². The van der Waals surface area contributed by atoms with Crippen molar-refractivity contribution in [1.29, 1.82) is 0 Å². The van der Waals surface area contributed by atoms with Crippen LogP contribution in [0.5, 0.6) is 6.01 Å². The highest BCUT2D eigenvalue weighted by molar-refractivity contribution is 6.47. The highest BCUT2D eigenvalue weighted by atomic mass is 19.1. The SMILES string of the molecule is C#Cc1c(F)ccc2cc(N)cc(-c3c(F)cc4c(N5CC6C=CC(C5)N6)nc(OC[C@@]56CCCN5C/C(=C/B(O)O)C6)nc4c3F)c12. The number of aromatic nitrogens is 2. The van der Waals surface area contributed by atoms with Crippen molar-refractivity contribution in [2.45, 2.75) is 36.9 Å². The highest BCUT2D eigenvalue weighted by Crippen LogP contribution is 2.43. The maximum absolute atomic E-state index is 17.0. The van der Waals surface area contributed by atoms with E-state index in [-0.39, 0.29) is 57.8 Å². The number of nitrogens with zero attached hydrogens (tertiary/aromatic N) is 4. The van der Waals surface area contributed by atoms with Crippen LogP contribution in [0.15, 0.2) is 54.0 Å². The molecule has 4 aliphatic heterocycles. The predicted molar refractivity (Wildman–Crippen MR) is 179 cm³/mol. The lowest BCUT2D eigenvalue weighted by molar-refractivity contribution is 0.108. The molecular formula is C35H32BF3N6O3. The lowest BCUT2D eigenvalue weighted by Crippen LogP contribution is -2.52. The van der Waals surface area contributed by atoms with Crippen LogP contribution in [0.3, 0.4) is 0 Å². The van der Waals surface area contributed by atoms with Gasteiger partial charge in [-0.3, -0.25) is 4.90 Å². The fourth-order valence-corrected chi connectivity index (χ4v) is 8.02. The molecule has 8 rings (SSSR count). The summed E-state index contributed by atoms with van der Waals surface area (Å²) in [6.07, 6.45) is 12.2. The van der Waals surface area contributed by atoms with E-state index < -0.39 is 35.7 Å². The van der Waals surface area contributed by atoms with E-state index in [1.54, 1.807) is 6.07 Å². The highest BCUT2D eigenvalue weighted by Gasteiger charge is 2.47. The molecule has 3 aromatic carbocycles. The number of ether oxygens (including phenoxy) is 1. The zero-order chi connectivity index (χ0) is 33.3. The average Bonchev–Trinajstić information content (AvgIpc) is 3.70. The Labute approximate surface area is 275 Å². The molecule has 3 atom stereocenters. The van der Waals surface area contributed by atoms with Gasteiger partial charge in [0.05, 0.1) is 16.7 Å². The minimum absolute atomic E-state index is 0.0122. The smallest absolute Gasteiger partial charge is 0.461 e. The summed E-state index contributed by atoms with van der Waals surface area (Å²) in [5.41, 5.74) is 6.18. The summed E-state index contributed by atoms with van der Waals surface area (Å²) in [7, 11) is -1.55. The van der Waals surface area contributed by atoms with Gasteiger partial charge < -0.3 is 30.7 Å². The van der Waals surface area contributed by atoms with Crippen LogP contribution in [0.4, 0.5) is 24.7 Å². The zero-order valence-electron chi connectivity index (χ0n) is 25.9. The number of anilines is 2. The molecule has 0 spiro atoms. The molecule has 0 saturated carbocycles. The molecule has 244 valence electrons. The number of piperazine rings is 1. The van der Waals surface area contributed by atoms with E-state index in [0.29, 0.717) is 37.3 Å². The van der Waals surface area contributed by atoms with Crippen molar-refractivity contribution in [3.05, 3.63) is 77.0 Å². The first-order chi connectivity index (χ1) is 23.1. The van der Waals surface area contributed by atoms with Gasteiger partial charge in [-0.2, -0.15) is 9.97 Å². The Hall–Kier alpha value is -4.61. The number of terminal acetylenes is 1. The quantitative estimate of drug-likeness (QED) is 0.107. The van der Waals surface area contributed by atoms with Crippen molar-refractivity contribution < 1.29 is 28.0 Å². The molecule has 0 aliphatic carbocycles. The Balaban J connectivity index is 1.27. The third-order valence-electron chi connectivity index (χ3n) is 10.0. The van der Waals surface area contributed by atoms with Crippen LogP contribution < -0.4 is 20.7 Å². The Morgan fingerprint density at radius 2 is 1.92 bits per heavy atom. The summed E-state index contributed by atoms with van der Waals surface area (Å²) in [6, 6.07) is 6.85. The largest absolute Gasteiger partial charge is 0.480 e. The molecule has 0 radical (unpaired) electrons. The summed E-state index contributed by atoms with van der Waals surface area (Å²) in [5, 5.41) is 23.3. The fourth-order valence-electron chi connectivity index (χ4n) is 8.02. The number of nitrogens with one attached hydrogen (secondary N) is 1. The number of halogens is 3. The van der Waals surface area contributed by atoms with Crippen LogP contribution >= 0.6 is 0 Å². The van der Waals surface area contributed by atoms with Crippen molar-refractivity contribution in [2.24, 2.45) is 0 Å². The van der Waals surface area contributed by atoms with Crippen molar-refractivity contribution in [3.8, 4) is 29.5 Å².